The van der Waals surface area contributed by atoms with Gasteiger partial charge in [-0.3, -0.25) is 0 Å². The zero-order chi connectivity index (χ0) is 16.1. The minimum atomic E-state index is 0.842. The molecule has 5 rings (SSSR count). The molecule has 0 saturated carbocycles. The molecule has 0 aromatic heterocycles. The van der Waals surface area contributed by atoms with Gasteiger partial charge in [-0.05, 0) is 62.7 Å². The highest BCUT2D eigenvalue weighted by Crippen LogP contribution is 2.45. The molecule has 0 atom stereocenters. The molecule has 1 aliphatic carbocycles. The normalized spacial score (nSPS) is 12.2. The Kier molecular flexibility index (Phi) is 2.77. The van der Waals surface area contributed by atoms with Crippen molar-refractivity contribution in [3.8, 4) is 22.3 Å². The molecule has 0 spiro atoms. The van der Waals surface area contributed by atoms with Gasteiger partial charge in [0.05, 0.1) is 0 Å². The van der Waals surface area contributed by atoms with Crippen LogP contribution >= 0.6 is 0 Å². The number of nitrogen functional groups attached to an aromatic ring is 1. The van der Waals surface area contributed by atoms with E-state index in [2.05, 4.69) is 72.8 Å². The van der Waals surface area contributed by atoms with E-state index >= 15 is 0 Å². The highest BCUT2D eigenvalue weighted by Gasteiger charge is 2.22. The van der Waals surface area contributed by atoms with Crippen LogP contribution in [0.25, 0.3) is 33.0 Å². The fraction of sp³-hybridized carbons (Fsp3) is 0.0435. The first-order valence-electron chi connectivity index (χ1n) is 8.30. The van der Waals surface area contributed by atoms with Crippen LogP contribution < -0.4 is 5.73 Å². The van der Waals surface area contributed by atoms with E-state index < -0.39 is 0 Å². The Hall–Kier alpha value is -3.06. The van der Waals surface area contributed by atoms with Gasteiger partial charge in [0, 0.05) is 5.69 Å². The van der Waals surface area contributed by atoms with Gasteiger partial charge < -0.3 is 5.73 Å². The summed E-state index contributed by atoms with van der Waals surface area (Å²) in [5.41, 5.74) is 14.8. The number of nitrogens with two attached hydrogens (primary N) is 1. The van der Waals surface area contributed by atoms with Crippen molar-refractivity contribution in [3.05, 3.63) is 90.0 Å². The summed E-state index contributed by atoms with van der Waals surface area (Å²) < 4.78 is 0. The zero-order valence-electron chi connectivity index (χ0n) is 13.3. The fourth-order valence-electron chi connectivity index (χ4n) is 3.94. The van der Waals surface area contributed by atoms with Crippen molar-refractivity contribution in [1.82, 2.24) is 0 Å². The van der Waals surface area contributed by atoms with Gasteiger partial charge >= 0.3 is 0 Å². The van der Waals surface area contributed by atoms with Crippen molar-refractivity contribution < 1.29 is 0 Å². The van der Waals surface area contributed by atoms with Crippen LogP contribution in [0.5, 0.6) is 0 Å². The predicted molar refractivity (Wildman–Crippen MR) is 102 cm³/mol. The lowest BCUT2D eigenvalue weighted by molar-refractivity contribution is 1.27. The monoisotopic (exact) mass is 307 g/mol. The smallest absolute Gasteiger partial charge is 0.0317 e. The molecule has 0 heterocycles. The summed E-state index contributed by atoms with van der Waals surface area (Å²) in [6.45, 7) is 0. The Balaban J connectivity index is 1.90. The summed E-state index contributed by atoms with van der Waals surface area (Å²) in [6.07, 6.45) is 0.967. The summed E-state index contributed by atoms with van der Waals surface area (Å²) in [4.78, 5) is 0. The first kappa shape index (κ1) is 13.4. The molecule has 114 valence electrons. The van der Waals surface area contributed by atoms with E-state index in [-0.39, 0.29) is 0 Å². The lowest BCUT2D eigenvalue weighted by Crippen LogP contribution is -1.88. The van der Waals surface area contributed by atoms with E-state index in [1.807, 2.05) is 6.07 Å². The molecule has 0 bridgehead atoms. The maximum atomic E-state index is 6.00. The summed E-state index contributed by atoms with van der Waals surface area (Å²) in [5.74, 6) is 0. The molecular weight excluding hydrogens is 290 g/mol. The summed E-state index contributed by atoms with van der Waals surface area (Å²) in [7, 11) is 0. The number of fused-ring (bicyclic) bond motifs is 5. The molecule has 2 N–H and O–H groups in total. The van der Waals surface area contributed by atoms with Gasteiger partial charge in [-0.2, -0.15) is 0 Å². The van der Waals surface area contributed by atoms with Gasteiger partial charge in [-0.15, -0.1) is 0 Å². The van der Waals surface area contributed by atoms with Crippen molar-refractivity contribution in [3.63, 3.8) is 0 Å². The van der Waals surface area contributed by atoms with E-state index in [4.69, 9.17) is 5.73 Å². The van der Waals surface area contributed by atoms with E-state index in [0.717, 1.165) is 12.1 Å². The second-order valence-corrected chi connectivity index (χ2v) is 6.46. The zero-order valence-corrected chi connectivity index (χ0v) is 13.3. The van der Waals surface area contributed by atoms with Crippen molar-refractivity contribution in [2.24, 2.45) is 0 Å². The van der Waals surface area contributed by atoms with Crippen LogP contribution in [0.1, 0.15) is 11.1 Å². The second-order valence-electron chi connectivity index (χ2n) is 6.46. The molecule has 0 saturated heterocycles. The van der Waals surface area contributed by atoms with Gasteiger partial charge in [0.2, 0.25) is 0 Å². The molecule has 24 heavy (non-hydrogen) atoms. The fourth-order valence-corrected chi connectivity index (χ4v) is 3.94. The molecule has 1 nitrogen and oxygen atoms in total. The van der Waals surface area contributed by atoms with Crippen LogP contribution in [0.4, 0.5) is 5.69 Å². The summed E-state index contributed by atoms with van der Waals surface area (Å²) in [6, 6.07) is 28.1. The molecule has 0 unspecified atom stereocenters. The highest BCUT2D eigenvalue weighted by atomic mass is 14.5. The van der Waals surface area contributed by atoms with Crippen LogP contribution in [0, 0.1) is 0 Å². The molecule has 0 radical (unpaired) electrons. The van der Waals surface area contributed by atoms with Gasteiger partial charge in [-0.25, -0.2) is 0 Å². The lowest BCUT2D eigenvalue weighted by Gasteiger charge is -2.12. The molecular formula is C23H17N. The predicted octanol–water partition coefficient (Wildman–Crippen LogP) is 5.66. The minimum Gasteiger partial charge on any atom is -0.399 e. The Morgan fingerprint density at radius 3 is 2.42 bits per heavy atom. The highest BCUT2D eigenvalue weighted by molar-refractivity contribution is 6.09. The molecule has 4 aromatic carbocycles. The third-order valence-corrected chi connectivity index (χ3v) is 5.00. The summed E-state index contributed by atoms with van der Waals surface area (Å²) in [5, 5.41) is 2.64. The van der Waals surface area contributed by atoms with Crippen molar-refractivity contribution in [2.75, 3.05) is 5.73 Å². The summed E-state index contributed by atoms with van der Waals surface area (Å²) >= 11 is 0. The number of rotatable bonds is 1. The van der Waals surface area contributed by atoms with E-state index in [0.29, 0.717) is 0 Å². The van der Waals surface area contributed by atoms with Crippen molar-refractivity contribution in [1.29, 1.82) is 0 Å². The van der Waals surface area contributed by atoms with Crippen molar-refractivity contribution in [2.45, 2.75) is 6.42 Å². The largest absolute Gasteiger partial charge is 0.399 e. The maximum absolute atomic E-state index is 6.00. The van der Waals surface area contributed by atoms with Gasteiger partial charge in [0.15, 0.2) is 0 Å². The van der Waals surface area contributed by atoms with Crippen LogP contribution in [-0.2, 0) is 6.42 Å². The molecule has 4 aromatic rings. The third-order valence-electron chi connectivity index (χ3n) is 5.00. The van der Waals surface area contributed by atoms with Crippen LogP contribution in [-0.4, -0.2) is 0 Å². The van der Waals surface area contributed by atoms with Gasteiger partial charge in [0.25, 0.3) is 0 Å². The van der Waals surface area contributed by atoms with Crippen LogP contribution in [0.2, 0.25) is 0 Å². The first-order valence-corrected chi connectivity index (χ1v) is 8.30. The Morgan fingerprint density at radius 1 is 0.667 bits per heavy atom. The number of benzene rings is 4. The van der Waals surface area contributed by atoms with Crippen LogP contribution in [0.15, 0.2) is 78.9 Å². The molecule has 1 aliphatic rings. The molecule has 0 amide bonds. The lowest BCUT2D eigenvalue weighted by atomic mass is 9.91. The second kappa shape index (κ2) is 4.97. The quantitative estimate of drug-likeness (QED) is 0.397. The average Bonchev–Trinajstić information content (AvgIpc) is 2.99. The molecule has 0 fully saturated rings. The minimum absolute atomic E-state index is 0.842. The number of anilines is 1. The average molecular weight is 307 g/mol. The SMILES string of the molecule is Nc1ccc2c(c1)Cc1ccc3cccc(-c4ccccc4)c3c1-2. The third kappa shape index (κ3) is 1.88. The maximum Gasteiger partial charge on any atom is 0.0317 e. The Labute approximate surface area is 141 Å². The van der Waals surface area contributed by atoms with E-state index in [1.165, 1.54) is 44.2 Å². The number of hydrogen-bond acceptors (Lipinski definition) is 1. The molecule has 1 heteroatoms. The number of hydrogen-bond donors (Lipinski definition) is 1. The van der Waals surface area contributed by atoms with Gasteiger partial charge in [-0.1, -0.05) is 66.7 Å². The molecule has 0 aliphatic heterocycles. The standard InChI is InChI=1S/C23H17N/c24-19-11-12-21-18(14-19)13-17-10-9-16-7-4-8-20(22(16)23(17)21)15-5-2-1-3-6-15/h1-12,14H,13,24H2. The topological polar surface area (TPSA) is 26.0 Å². The van der Waals surface area contributed by atoms with Crippen molar-refractivity contribution >= 4 is 16.5 Å². The Bertz CT molecular complexity index is 1080. The van der Waals surface area contributed by atoms with E-state index in [1.54, 1.807) is 0 Å². The van der Waals surface area contributed by atoms with E-state index in [9.17, 15) is 0 Å². The van der Waals surface area contributed by atoms with Gasteiger partial charge in [0.1, 0.15) is 0 Å². The van der Waals surface area contributed by atoms with Crippen LogP contribution in [0.3, 0.4) is 0 Å². The first-order chi connectivity index (χ1) is 11.8. The Morgan fingerprint density at radius 2 is 1.54 bits per heavy atom.